The van der Waals surface area contributed by atoms with Crippen LogP contribution in [-0.2, 0) is 12.8 Å². The predicted octanol–water partition coefficient (Wildman–Crippen LogP) is 7.52. The zero-order valence-corrected chi connectivity index (χ0v) is 19.4. The Balaban J connectivity index is 1.88. The van der Waals surface area contributed by atoms with Gasteiger partial charge in [-0.05, 0) is 37.8 Å². The van der Waals surface area contributed by atoms with Gasteiger partial charge in [-0.3, -0.25) is 4.98 Å². The van der Waals surface area contributed by atoms with Crippen LogP contribution in [0.3, 0.4) is 0 Å². The first-order chi connectivity index (χ1) is 14.8. The highest BCUT2D eigenvalue weighted by Crippen LogP contribution is 2.17. The minimum absolute atomic E-state index is 0.664. The Morgan fingerprint density at radius 2 is 1.17 bits per heavy atom. The van der Waals surface area contributed by atoms with Gasteiger partial charge in [0.05, 0.1) is 11.4 Å². The lowest BCUT2D eigenvalue weighted by Gasteiger charge is -2.09. The molecule has 4 nitrogen and oxygen atoms in total. The molecule has 4 heteroatoms. The zero-order chi connectivity index (χ0) is 21.3. The van der Waals surface area contributed by atoms with E-state index in [1.807, 2.05) is 18.2 Å². The first kappa shape index (κ1) is 24.4. The Bertz CT molecular complexity index is 672. The van der Waals surface area contributed by atoms with Crippen molar-refractivity contribution in [2.24, 2.45) is 0 Å². The van der Waals surface area contributed by atoms with Gasteiger partial charge in [-0.1, -0.05) is 97.0 Å². The average Bonchev–Trinajstić information content (AvgIpc) is 2.79. The molecule has 0 aromatic carbocycles. The van der Waals surface area contributed by atoms with E-state index in [2.05, 4.69) is 29.0 Å². The van der Waals surface area contributed by atoms with Crippen LogP contribution in [0.15, 0.2) is 24.4 Å². The summed E-state index contributed by atoms with van der Waals surface area (Å²) in [5, 5.41) is 8.99. The first-order valence-electron chi connectivity index (χ1n) is 12.5. The fourth-order valence-corrected chi connectivity index (χ4v) is 3.88. The minimum atomic E-state index is 0.664. The highest BCUT2D eigenvalue weighted by molar-refractivity contribution is 5.47. The molecule has 0 fully saturated rings. The van der Waals surface area contributed by atoms with E-state index in [4.69, 9.17) is 4.98 Å². The summed E-state index contributed by atoms with van der Waals surface area (Å²) in [7, 11) is 0. The summed E-state index contributed by atoms with van der Waals surface area (Å²) in [6.07, 6.45) is 22.2. The van der Waals surface area contributed by atoms with Crippen LogP contribution in [-0.4, -0.2) is 20.2 Å². The largest absolute Gasteiger partial charge is 0.253 e. The minimum Gasteiger partial charge on any atom is -0.253 e. The highest BCUT2D eigenvalue weighted by Gasteiger charge is 2.11. The van der Waals surface area contributed by atoms with Crippen molar-refractivity contribution < 1.29 is 0 Å². The summed E-state index contributed by atoms with van der Waals surface area (Å²) in [6, 6.07) is 5.86. The van der Waals surface area contributed by atoms with Crippen molar-refractivity contribution in [1.29, 1.82) is 0 Å². The number of aromatic nitrogens is 4. The molecule has 0 atom stereocenters. The summed E-state index contributed by atoms with van der Waals surface area (Å²) in [5.41, 5.74) is 3.06. The number of rotatable bonds is 17. The molecule has 0 bridgehead atoms. The fraction of sp³-hybridized carbons (Fsp3) is 0.692. The predicted molar refractivity (Wildman–Crippen MR) is 126 cm³/mol. The van der Waals surface area contributed by atoms with Crippen LogP contribution in [0, 0.1) is 0 Å². The molecule has 0 saturated heterocycles. The summed E-state index contributed by atoms with van der Waals surface area (Å²) in [4.78, 5) is 9.30. The Morgan fingerprint density at radius 1 is 0.600 bits per heavy atom. The number of unbranched alkanes of at least 4 members (excludes halogenated alkanes) is 12. The Kier molecular flexibility index (Phi) is 13.0. The smallest absolute Gasteiger partial charge is 0.200 e. The van der Waals surface area contributed by atoms with Gasteiger partial charge in [0.15, 0.2) is 0 Å². The third kappa shape index (κ3) is 9.77. The maximum Gasteiger partial charge on any atom is 0.200 e. The van der Waals surface area contributed by atoms with Gasteiger partial charge in [0.1, 0.15) is 5.69 Å². The number of aryl methyl sites for hydroxylation is 2. The van der Waals surface area contributed by atoms with E-state index in [-0.39, 0.29) is 0 Å². The van der Waals surface area contributed by atoms with Crippen LogP contribution in [0.1, 0.15) is 115 Å². The second-order valence-corrected chi connectivity index (χ2v) is 8.49. The summed E-state index contributed by atoms with van der Waals surface area (Å²) < 4.78 is 0. The van der Waals surface area contributed by atoms with Crippen LogP contribution in [0.5, 0.6) is 0 Å². The molecule has 30 heavy (non-hydrogen) atoms. The van der Waals surface area contributed by atoms with Crippen molar-refractivity contribution in [3.63, 3.8) is 0 Å². The van der Waals surface area contributed by atoms with E-state index in [0.717, 1.165) is 29.9 Å². The van der Waals surface area contributed by atoms with Gasteiger partial charge in [0.25, 0.3) is 0 Å². The van der Waals surface area contributed by atoms with E-state index in [1.165, 1.54) is 89.9 Å². The molecular weight excluding hydrogens is 368 g/mol. The maximum absolute atomic E-state index is 4.89. The van der Waals surface area contributed by atoms with Crippen molar-refractivity contribution in [1.82, 2.24) is 20.2 Å². The number of hydrogen-bond acceptors (Lipinski definition) is 4. The van der Waals surface area contributed by atoms with Crippen molar-refractivity contribution in [3.05, 3.63) is 35.8 Å². The number of nitrogens with zero attached hydrogens (tertiary/aromatic N) is 4. The zero-order valence-electron chi connectivity index (χ0n) is 19.4. The van der Waals surface area contributed by atoms with Crippen LogP contribution < -0.4 is 0 Å². The second kappa shape index (κ2) is 15.9. The lowest BCUT2D eigenvalue weighted by molar-refractivity contribution is 0.575. The van der Waals surface area contributed by atoms with Crippen LogP contribution in [0.4, 0.5) is 0 Å². The fourth-order valence-electron chi connectivity index (χ4n) is 3.88. The van der Waals surface area contributed by atoms with Gasteiger partial charge in [-0.25, -0.2) is 4.98 Å². The summed E-state index contributed by atoms with van der Waals surface area (Å²) >= 11 is 0. The van der Waals surface area contributed by atoms with Gasteiger partial charge in [-0.2, -0.15) is 5.10 Å². The van der Waals surface area contributed by atoms with Gasteiger partial charge in [0.2, 0.25) is 5.82 Å². The molecule has 2 aromatic rings. The van der Waals surface area contributed by atoms with E-state index in [1.54, 1.807) is 6.20 Å². The monoisotopic (exact) mass is 410 g/mol. The number of hydrogen-bond donors (Lipinski definition) is 0. The quantitative estimate of drug-likeness (QED) is 0.253. The molecular formula is C26H42N4. The third-order valence-electron chi connectivity index (χ3n) is 5.77. The van der Waals surface area contributed by atoms with E-state index in [9.17, 15) is 0 Å². The third-order valence-corrected chi connectivity index (χ3v) is 5.77. The molecule has 2 rings (SSSR count). The van der Waals surface area contributed by atoms with E-state index >= 15 is 0 Å². The molecule has 0 spiro atoms. The lowest BCUT2D eigenvalue weighted by Crippen LogP contribution is -2.07. The Hall–Kier alpha value is -1.84. The number of pyridine rings is 1. The lowest BCUT2D eigenvalue weighted by atomic mass is 10.0. The van der Waals surface area contributed by atoms with E-state index in [0.29, 0.717) is 5.82 Å². The van der Waals surface area contributed by atoms with E-state index < -0.39 is 0 Å². The molecule has 0 radical (unpaired) electrons. The van der Waals surface area contributed by atoms with Crippen molar-refractivity contribution in [3.8, 4) is 11.5 Å². The van der Waals surface area contributed by atoms with Crippen molar-refractivity contribution in [2.75, 3.05) is 0 Å². The molecule has 0 aliphatic rings. The molecule has 0 N–H and O–H groups in total. The average molecular weight is 411 g/mol. The Morgan fingerprint density at radius 3 is 1.73 bits per heavy atom. The molecule has 2 heterocycles. The first-order valence-corrected chi connectivity index (χ1v) is 12.5. The molecule has 0 aliphatic heterocycles. The maximum atomic E-state index is 4.89. The Labute approximate surface area is 184 Å². The van der Waals surface area contributed by atoms with Crippen molar-refractivity contribution in [2.45, 2.75) is 117 Å². The molecule has 0 saturated carbocycles. The van der Waals surface area contributed by atoms with Gasteiger partial charge >= 0.3 is 0 Å². The second-order valence-electron chi connectivity index (χ2n) is 8.49. The van der Waals surface area contributed by atoms with Gasteiger partial charge in [0, 0.05) is 6.20 Å². The summed E-state index contributed by atoms with van der Waals surface area (Å²) in [6.45, 7) is 4.54. The normalized spacial score (nSPS) is 11.1. The van der Waals surface area contributed by atoms with Crippen LogP contribution in [0.25, 0.3) is 11.5 Å². The molecule has 0 aliphatic carbocycles. The van der Waals surface area contributed by atoms with Crippen LogP contribution in [0.2, 0.25) is 0 Å². The summed E-state index contributed by atoms with van der Waals surface area (Å²) in [5.74, 6) is 0.664. The standard InChI is InChI=1S/C26H42N4/c1-3-5-7-9-11-13-15-19-23-24(20-16-14-12-10-8-6-4-2)29-30-26(28-23)25-21-17-18-22-27-25/h17-18,21-22H,3-16,19-20H2,1-2H3. The van der Waals surface area contributed by atoms with Gasteiger partial charge in [-0.15, -0.1) is 5.10 Å². The van der Waals surface area contributed by atoms with Gasteiger partial charge < -0.3 is 0 Å². The van der Waals surface area contributed by atoms with Crippen molar-refractivity contribution >= 4 is 0 Å². The SMILES string of the molecule is CCCCCCCCCc1nnc(-c2ccccn2)nc1CCCCCCCCC. The molecule has 0 unspecified atom stereocenters. The molecule has 166 valence electrons. The molecule has 2 aromatic heterocycles. The highest BCUT2D eigenvalue weighted by atomic mass is 15.2. The molecule has 0 amide bonds. The van der Waals surface area contributed by atoms with Crippen LogP contribution >= 0.6 is 0 Å². The topological polar surface area (TPSA) is 51.6 Å².